The van der Waals surface area contributed by atoms with Crippen LogP contribution in [0.1, 0.15) is 10.4 Å². The number of rotatable bonds is 5. The minimum Gasteiger partial charge on any atom is -0.465 e. The van der Waals surface area contributed by atoms with Crippen molar-refractivity contribution in [1.29, 1.82) is 0 Å². The van der Waals surface area contributed by atoms with Crippen molar-refractivity contribution in [1.82, 2.24) is 5.32 Å². The first-order valence-electron chi connectivity index (χ1n) is 5.68. The molecule has 0 aliphatic carbocycles. The number of hydrogen-bond donors (Lipinski definition) is 2. The number of halogens is 4. The Balaban J connectivity index is 2.60. The third kappa shape index (κ3) is 5.90. The molecule has 0 saturated heterocycles. The van der Waals surface area contributed by atoms with Gasteiger partial charge in [-0.05, 0) is 18.2 Å². The van der Waals surface area contributed by atoms with E-state index in [4.69, 9.17) is 11.6 Å². The lowest BCUT2D eigenvalue weighted by molar-refractivity contribution is -0.137. The summed E-state index contributed by atoms with van der Waals surface area (Å²) in [5, 5.41) is 4.45. The van der Waals surface area contributed by atoms with E-state index in [9.17, 15) is 22.8 Å². The lowest BCUT2D eigenvalue weighted by atomic mass is 10.2. The predicted octanol–water partition coefficient (Wildman–Crippen LogP) is 2.22. The molecule has 0 heterocycles. The topological polar surface area (TPSA) is 67.4 Å². The molecule has 1 amide bonds. The molecule has 0 aliphatic rings. The van der Waals surface area contributed by atoms with Gasteiger partial charge in [-0.25, -0.2) is 4.79 Å². The molecule has 0 saturated carbocycles. The van der Waals surface area contributed by atoms with Crippen LogP contribution in [0.2, 0.25) is 5.02 Å². The smallest absolute Gasteiger partial charge is 0.405 e. The lowest BCUT2D eigenvalue weighted by Crippen LogP contribution is -2.37. The van der Waals surface area contributed by atoms with E-state index in [2.05, 4.69) is 10.1 Å². The average Bonchev–Trinajstić information content (AvgIpc) is 2.42. The molecule has 0 radical (unpaired) electrons. The van der Waals surface area contributed by atoms with Gasteiger partial charge in [0.25, 0.3) is 0 Å². The average molecular weight is 325 g/mol. The molecular formula is C12H12ClF3N2O3. The molecule has 1 aromatic carbocycles. The van der Waals surface area contributed by atoms with Crippen LogP contribution in [0, 0.1) is 0 Å². The highest BCUT2D eigenvalue weighted by molar-refractivity contribution is 6.33. The zero-order valence-electron chi connectivity index (χ0n) is 10.9. The summed E-state index contributed by atoms with van der Waals surface area (Å²) in [6.45, 7) is -1.78. The third-order valence-corrected chi connectivity index (χ3v) is 2.64. The fourth-order valence-corrected chi connectivity index (χ4v) is 1.54. The molecule has 0 fully saturated rings. The van der Waals surface area contributed by atoms with Crippen molar-refractivity contribution in [3.8, 4) is 0 Å². The number of esters is 1. The van der Waals surface area contributed by atoms with Gasteiger partial charge in [-0.15, -0.1) is 0 Å². The molecule has 0 aliphatic heterocycles. The van der Waals surface area contributed by atoms with E-state index in [1.54, 1.807) is 5.32 Å². The molecule has 5 nitrogen and oxygen atoms in total. The summed E-state index contributed by atoms with van der Waals surface area (Å²) in [5.74, 6) is -1.49. The highest BCUT2D eigenvalue weighted by Gasteiger charge is 2.27. The van der Waals surface area contributed by atoms with E-state index in [0.29, 0.717) is 5.69 Å². The fourth-order valence-electron chi connectivity index (χ4n) is 1.35. The molecule has 1 rings (SSSR count). The molecule has 9 heteroatoms. The maximum absolute atomic E-state index is 11.9. The largest absolute Gasteiger partial charge is 0.465 e. The number of anilines is 1. The van der Waals surface area contributed by atoms with Gasteiger partial charge in [-0.2, -0.15) is 13.2 Å². The Morgan fingerprint density at radius 1 is 1.33 bits per heavy atom. The van der Waals surface area contributed by atoms with Gasteiger partial charge in [0, 0.05) is 5.69 Å². The Hall–Kier alpha value is -1.96. The highest BCUT2D eigenvalue weighted by Crippen LogP contribution is 2.21. The van der Waals surface area contributed by atoms with Crippen LogP contribution in [0.5, 0.6) is 0 Å². The standard InChI is InChI=1S/C12H12ClF3N2O3/c1-21-11(20)8-4-7(2-3-9(8)13)17-5-10(19)18-6-12(14,15)16/h2-4,17H,5-6H2,1H3,(H,18,19). The first-order chi connectivity index (χ1) is 9.73. The summed E-state index contributed by atoms with van der Waals surface area (Å²) >= 11 is 5.80. The molecule has 0 aromatic heterocycles. The van der Waals surface area contributed by atoms with Crippen LogP contribution in [-0.2, 0) is 9.53 Å². The number of methoxy groups -OCH3 is 1. The molecule has 21 heavy (non-hydrogen) atoms. The Bertz CT molecular complexity index is 535. The SMILES string of the molecule is COC(=O)c1cc(NCC(=O)NCC(F)(F)F)ccc1Cl. The Morgan fingerprint density at radius 3 is 2.57 bits per heavy atom. The number of amides is 1. The van der Waals surface area contributed by atoms with Crippen LogP contribution in [0.3, 0.4) is 0 Å². The third-order valence-electron chi connectivity index (χ3n) is 2.31. The van der Waals surface area contributed by atoms with Crippen LogP contribution >= 0.6 is 11.6 Å². The quantitative estimate of drug-likeness (QED) is 0.815. The van der Waals surface area contributed by atoms with Gasteiger partial charge < -0.3 is 15.4 Å². The Labute approximate surface area is 123 Å². The maximum Gasteiger partial charge on any atom is 0.405 e. The summed E-state index contributed by atoms with van der Waals surface area (Å²) in [6.07, 6.45) is -4.46. The van der Waals surface area contributed by atoms with Gasteiger partial charge >= 0.3 is 12.1 Å². The number of carbonyl (C=O) groups is 2. The second kappa shape index (κ2) is 7.16. The summed E-state index contributed by atoms with van der Waals surface area (Å²) < 4.78 is 40.2. The minimum absolute atomic E-state index is 0.0832. The van der Waals surface area contributed by atoms with Gasteiger partial charge in [0.15, 0.2) is 0 Å². The molecule has 116 valence electrons. The number of benzene rings is 1. The molecular weight excluding hydrogens is 313 g/mol. The van der Waals surface area contributed by atoms with Crippen molar-refractivity contribution in [2.75, 3.05) is 25.5 Å². The Morgan fingerprint density at radius 2 is 2.00 bits per heavy atom. The van der Waals surface area contributed by atoms with Crippen LogP contribution in [-0.4, -0.2) is 38.3 Å². The Kier molecular flexibility index (Phi) is 5.83. The lowest BCUT2D eigenvalue weighted by Gasteiger charge is -2.11. The minimum atomic E-state index is -4.46. The summed E-state index contributed by atoms with van der Waals surface area (Å²) in [4.78, 5) is 22.6. The molecule has 0 spiro atoms. The second-order valence-electron chi connectivity index (χ2n) is 3.93. The molecule has 2 N–H and O–H groups in total. The van der Waals surface area contributed by atoms with Crippen molar-refractivity contribution in [2.24, 2.45) is 0 Å². The van der Waals surface area contributed by atoms with Crippen molar-refractivity contribution in [3.05, 3.63) is 28.8 Å². The van der Waals surface area contributed by atoms with Crippen molar-refractivity contribution in [2.45, 2.75) is 6.18 Å². The fraction of sp³-hybridized carbons (Fsp3) is 0.333. The number of alkyl halides is 3. The van der Waals surface area contributed by atoms with Gasteiger partial charge in [-0.3, -0.25) is 4.79 Å². The molecule has 0 atom stereocenters. The summed E-state index contributed by atoms with van der Waals surface area (Å²) in [7, 11) is 1.18. The second-order valence-corrected chi connectivity index (χ2v) is 4.34. The van der Waals surface area contributed by atoms with E-state index in [1.165, 1.54) is 25.3 Å². The van der Waals surface area contributed by atoms with E-state index in [1.807, 2.05) is 0 Å². The normalized spacial score (nSPS) is 10.9. The van der Waals surface area contributed by atoms with Crippen molar-refractivity contribution >= 4 is 29.2 Å². The monoisotopic (exact) mass is 324 g/mol. The predicted molar refractivity (Wildman–Crippen MR) is 70.3 cm³/mol. The van der Waals surface area contributed by atoms with Gasteiger partial charge in [0.05, 0.1) is 24.2 Å². The summed E-state index contributed by atoms with van der Waals surface area (Å²) in [5.41, 5.74) is 0.432. The van der Waals surface area contributed by atoms with Crippen LogP contribution < -0.4 is 10.6 Å². The van der Waals surface area contributed by atoms with Gasteiger partial charge in [-0.1, -0.05) is 11.6 Å². The highest BCUT2D eigenvalue weighted by atomic mass is 35.5. The van der Waals surface area contributed by atoms with E-state index < -0.39 is 24.6 Å². The van der Waals surface area contributed by atoms with E-state index >= 15 is 0 Å². The van der Waals surface area contributed by atoms with Crippen LogP contribution in [0.15, 0.2) is 18.2 Å². The van der Waals surface area contributed by atoms with Gasteiger partial charge in [0.1, 0.15) is 6.54 Å². The number of ether oxygens (including phenoxy) is 1. The van der Waals surface area contributed by atoms with Crippen LogP contribution in [0.25, 0.3) is 0 Å². The zero-order valence-corrected chi connectivity index (χ0v) is 11.6. The number of carbonyl (C=O) groups excluding carboxylic acids is 2. The first kappa shape index (κ1) is 17.1. The van der Waals surface area contributed by atoms with Gasteiger partial charge in [0.2, 0.25) is 5.91 Å². The number of nitrogens with one attached hydrogen (secondary N) is 2. The zero-order chi connectivity index (χ0) is 16.0. The number of hydrogen-bond acceptors (Lipinski definition) is 4. The van der Waals surface area contributed by atoms with E-state index in [-0.39, 0.29) is 17.1 Å². The maximum atomic E-state index is 11.9. The summed E-state index contributed by atoms with van der Waals surface area (Å²) in [6, 6.07) is 4.22. The van der Waals surface area contributed by atoms with Crippen molar-refractivity contribution < 1.29 is 27.5 Å². The molecule has 0 unspecified atom stereocenters. The molecule has 0 bridgehead atoms. The first-order valence-corrected chi connectivity index (χ1v) is 6.06. The van der Waals surface area contributed by atoms with E-state index in [0.717, 1.165) is 0 Å². The van der Waals surface area contributed by atoms with Crippen LogP contribution in [0.4, 0.5) is 18.9 Å². The van der Waals surface area contributed by atoms with Crippen molar-refractivity contribution in [3.63, 3.8) is 0 Å². The molecule has 1 aromatic rings.